The number of hydrogen-bond donors (Lipinski definition) is 1. The Labute approximate surface area is 101 Å². The highest BCUT2D eigenvalue weighted by atomic mass is 16.5. The van der Waals surface area contributed by atoms with Crippen LogP contribution in [-0.4, -0.2) is 42.4 Å². The van der Waals surface area contributed by atoms with Crippen molar-refractivity contribution in [2.45, 2.75) is 13.8 Å². The summed E-state index contributed by atoms with van der Waals surface area (Å²) < 4.78 is 5.28. The minimum Gasteiger partial charge on any atom is -0.478 e. The summed E-state index contributed by atoms with van der Waals surface area (Å²) in [6.45, 7) is 6.58. The first-order valence-electron chi connectivity index (χ1n) is 5.70. The van der Waals surface area contributed by atoms with E-state index >= 15 is 0 Å². The largest absolute Gasteiger partial charge is 0.478 e. The molecule has 1 aromatic rings. The van der Waals surface area contributed by atoms with Gasteiger partial charge in [0.1, 0.15) is 5.56 Å². The molecule has 0 unspecified atom stereocenters. The second-order valence-corrected chi connectivity index (χ2v) is 3.47. The van der Waals surface area contributed by atoms with Gasteiger partial charge in [0, 0.05) is 32.1 Å². The van der Waals surface area contributed by atoms with Crippen LogP contribution in [0.15, 0.2) is 18.5 Å². The maximum atomic E-state index is 11.1. The van der Waals surface area contributed by atoms with E-state index in [1.165, 1.54) is 6.20 Å². The summed E-state index contributed by atoms with van der Waals surface area (Å²) in [5.41, 5.74) is 0.917. The lowest BCUT2D eigenvalue weighted by atomic mass is 10.2. The molecule has 94 valence electrons. The second kappa shape index (κ2) is 6.85. The van der Waals surface area contributed by atoms with E-state index in [0.29, 0.717) is 25.4 Å². The summed E-state index contributed by atoms with van der Waals surface area (Å²) in [5, 5.41) is 9.08. The second-order valence-electron chi connectivity index (χ2n) is 3.47. The first-order valence-corrected chi connectivity index (χ1v) is 5.70. The summed E-state index contributed by atoms with van der Waals surface area (Å²) in [5.74, 6) is -0.956. The number of anilines is 1. The Morgan fingerprint density at radius 3 is 2.88 bits per heavy atom. The van der Waals surface area contributed by atoms with Crippen LogP contribution >= 0.6 is 0 Å². The number of carboxylic acids is 1. The fourth-order valence-electron chi connectivity index (χ4n) is 1.60. The zero-order chi connectivity index (χ0) is 12.7. The van der Waals surface area contributed by atoms with Crippen LogP contribution in [0.2, 0.25) is 0 Å². The van der Waals surface area contributed by atoms with Gasteiger partial charge in [0.15, 0.2) is 0 Å². The van der Waals surface area contributed by atoms with Crippen molar-refractivity contribution >= 4 is 11.7 Å². The highest BCUT2D eigenvalue weighted by Gasteiger charge is 2.14. The molecule has 0 saturated heterocycles. The fourth-order valence-corrected chi connectivity index (χ4v) is 1.60. The number of carbonyl (C=O) groups is 1. The molecule has 0 fully saturated rings. The van der Waals surface area contributed by atoms with Gasteiger partial charge in [0.2, 0.25) is 0 Å². The molecule has 1 aromatic heterocycles. The number of nitrogens with zero attached hydrogens (tertiary/aromatic N) is 2. The number of ether oxygens (including phenoxy) is 1. The molecule has 0 aliphatic heterocycles. The Kier molecular flexibility index (Phi) is 5.42. The van der Waals surface area contributed by atoms with Crippen molar-refractivity contribution in [2.75, 3.05) is 31.2 Å². The predicted octanol–water partition coefficient (Wildman–Crippen LogP) is 1.64. The molecule has 1 N–H and O–H groups in total. The monoisotopic (exact) mass is 238 g/mol. The number of carboxylic acid groups (broad SMARTS) is 1. The summed E-state index contributed by atoms with van der Waals surface area (Å²) >= 11 is 0. The fraction of sp³-hybridized carbons (Fsp3) is 0.500. The van der Waals surface area contributed by atoms with Gasteiger partial charge in [-0.1, -0.05) is 0 Å². The molecular formula is C12H18N2O3. The molecule has 0 bridgehead atoms. The van der Waals surface area contributed by atoms with E-state index in [4.69, 9.17) is 9.84 Å². The van der Waals surface area contributed by atoms with Crippen molar-refractivity contribution in [3.05, 3.63) is 24.0 Å². The van der Waals surface area contributed by atoms with Crippen molar-refractivity contribution in [1.29, 1.82) is 0 Å². The zero-order valence-electron chi connectivity index (χ0n) is 10.2. The summed E-state index contributed by atoms with van der Waals surface area (Å²) in [6.07, 6.45) is 2.98. The van der Waals surface area contributed by atoms with Crippen molar-refractivity contribution < 1.29 is 14.6 Å². The molecule has 0 radical (unpaired) electrons. The van der Waals surface area contributed by atoms with Gasteiger partial charge in [0.25, 0.3) is 0 Å². The molecule has 17 heavy (non-hydrogen) atoms. The molecule has 0 aromatic carbocycles. The van der Waals surface area contributed by atoms with E-state index in [1.807, 2.05) is 18.7 Å². The lowest BCUT2D eigenvalue weighted by Crippen LogP contribution is -2.28. The maximum Gasteiger partial charge on any atom is 0.339 e. The van der Waals surface area contributed by atoms with Crippen LogP contribution in [0.4, 0.5) is 5.69 Å². The third-order valence-corrected chi connectivity index (χ3v) is 2.46. The van der Waals surface area contributed by atoms with Crippen LogP contribution in [0, 0.1) is 0 Å². The van der Waals surface area contributed by atoms with E-state index in [-0.39, 0.29) is 5.56 Å². The Balaban J connectivity index is 2.83. The van der Waals surface area contributed by atoms with E-state index < -0.39 is 5.97 Å². The Hall–Kier alpha value is -1.62. The summed E-state index contributed by atoms with van der Waals surface area (Å²) in [7, 11) is 0. The average molecular weight is 238 g/mol. The smallest absolute Gasteiger partial charge is 0.339 e. The first kappa shape index (κ1) is 13.4. The van der Waals surface area contributed by atoms with Crippen molar-refractivity contribution in [3.63, 3.8) is 0 Å². The van der Waals surface area contributed by atoms with Crippen molar-refractivity contribution in [1.82, 2.24) is 4.98 Å². The van der Waals surface area contributed by atoms with E-state index in [2.05, 4.69) is 4.98 Å². The molecule has 1 heterocycles. The Bertz CT molecular complexity index is 369. The van der Waals surface area contributed by atoms with Gasteiger partial charge in [-0.3, -0.25) is 4.98 Å². The minimum absolute atomic E-state index is 0.228. The highest BCUT2D eigenvalue weighted by Crippen LogP contribution is 2.18. The van der Waals surface area contributed by atoms with Crippen molar-refractivity contribution in [2.24, 2.45) is 0 Å². The number of rotatable bonds is 7. The predicted molar refractivity (Wildman–Crippen MR) is 65.6 cm³/mol. The molecule has 0 spiro atoms. The summed E-state index contributed by atoms with van der Waals surface area (Å²) in [4.78, 5) is 16.9. The van der Waals surface area contributed by atoms with Gasteiger partial charge in [-0.15, -0.1) is 0 Å². The van der Waals surface area contributed by atoms with Crippen LogP contribution in [0.1, 0.15) is 24.2 Å². The molecular weight excluding hydrogens is 220 g/mol. The number of pyridine rings is 1. The zero-order valence-corrected chi connectivity index (χ0v) is 10.2. The van der Waals surface area contributed by atoms with Crippen LogP contribution in [0.25, 0.3) is 0 Å². The number of likely N-dealkylation sites (N-methyl/N-ethyl adjacent to an activating group) is 1. The van der Waals surface area contributed by atoms with Gasteiger partial charge in [-0.25, -0.2) is 4.79 Å². The normalized spacial score (nSPS) is 10.2. The topological polar surface area (TPSA) is 62.7 Å². The molecule has 0 saturated carbocycles. The highest BCUT2D eigenvalue weighted by molar-refractivity contribution is 5.94. The molecule has 1 rings (SSSR count). The van der Waals surface area contributed by atoms with Crippen LogP contribution in [0.3, 0.4) is 0 Å². The SMILES string of the molecule is CCOCCN(CC)c1ccncc1C(=O)O. The van der Waals surface area contributed by atoms with Gasteiger partial charge in [0.05, 0.1) is 12.3 Å². The molecule has 0 aliphatic rings. The van der Waals surface area contributed by atoms with E-state index in [1.54, 1.807) is 12.3 Å². The van der Waals surface area contributed by atoms with Gasteiger partial charge in [-0.05, 0) is 19.9 Å². The molecule has 0 atom stereocenters. The third-order valence-electron chi connectivity index (χ3n) is 2.46. The standard InChI is InChI=1S/C12H18N2O3/c1-3-14(7-8-17-4-2)11-5-6-13-9-10(11)12(15)16/h5-6,9H,3-4,7-8H2,1-2H3,(H,15,16). The lowest BCUT2D eigenvalue weighted by molar-refractivity contribution is 0.0697. The Morgan fingerprint density at radius 2 is 2.29 bits per heavy atom. The maximum absolute atomic E-state index is 11.1. The van der Waals surface area contributed by atoms with Gasteiger partial charge >= 0.3 is 5.97 Å². The van der Waals surface area contributed by atoms with E-state index in [0.717, 1.165) is 6.54 Å². The number of aromatic nitrogens is 1. The van der Waals surface area contributed by atoms with Crippen LogP contribution < -0.4 is 4.90 Å². The average Bonchev–Trinajstić information content (AvgIpc) is 2.35. The first-order chi connectivity index (χ1) is 8.20. The molecule has 5 nitrogen and oxygen atoms in total. The number of hydrogen-bond acceptors (Lipinski definition) is 4. The third kappa shape index (κ3) is 3.71. The molecule has 0 amide bonds. The minimum atomic E-state index is -0.956. The molecule has 0 aliphatic carbocycles. The molecule has 5 heteroatoms. The van der Waals surface area contributed by atoms with Crippen molar-refractivity contribution in [3.8, 4) is 0 Å². The van der Waals surface area contributed by atoms with Crippen LogP contribution in [-0.2, 0) is 4.74 Å². The lowest BCUT2D eigenvalue weighted by Gasteiger charge is -2.24. The van der Waals surface area contributed by atoms with E-state index in [9.17, 15) is 4.79 Å². The Morgan fingerprint density at radius 1 is 1.53 bits per heavy atom. The quantitative estimate of drug-likeness (QED) is 0.732. The summed E-state index contributed by atoms with van der Waals surface area (Å²) in [6, 6.07) is 1.72. The van der Waals surface area contributed by atoms with Crippen LogP contribution in [0.5, 0.6) is 0 Å². The number of aromatic carboxylic acids is 1. The van der Waals surface area contributed by atoms with Gasteiger partial charge < -0.3 is 14.7 Å². The van der Waals surface area contributed by atoms with Gasteiger partial charge in [-0.2, -0.15) is 0 Å².